The molecule has 5 atom stereocenters. The van der Waals surface area contributed by atoms with E-state index in [0.29, 0.717) is 6.42 Å². The van der Waals surface area contributed by atoms with Gasteiger partial charge in [0.1, 0.15) is 24.4 Å². The van der Waals surface area contributed by atoms with Crippen molar-refractivity contribution in [3.8, 4) is 0 Å². The summed E-state index contributed by atoms with van der Waals surface area (Å²) < 4.78 is 55.3. The van der Waals surface area contributed by atoms with Gasteiger partial charge < -0.3 is 23.7 Å². The Balaban J connectivity index is 1.61. The highest BCUT2D eigenvalue weighted by atomic mass is 32.2. The van der Waals surface area contributed by atoms with E-state index in [4.69, 9.17) is 23.7 Å². The van der Waals surface area contributed by atoms with Crippen LogP contribution in [0.3, 0.4) is 0 Å². The monoisotopic (exact) mass is 420 g/mol. The van der Waals surface area contributed by atoms with Crippen molar-refractivity contribution in [2.24, 2.45) is 0 Å². The molecule has 3 fully saturated rings. The van der Waals surface area contributed by atoms with Crippen LogP contribution in [0, 0.1) is 0 Å². The fourth-order valence-corrected chi connectivity index (χ4v) is 5.84. The summed E-state index contributed by atoms with van der Waals surface area (Å²) in [6, 6.07) is 0. The summed E-state index contributed by atoms with van der Waals surface area (Å²) in [5.74, 6) is -1.53. The molecule has 3 rings (SSSR count). The van der Waals surface area contributed by atoms with Gasteiger partial charge >= 0.3 is 0 Å². The number of rotatable bonds is 9. The molecule has 28 heavy (non-hydrogen) atoms. The molecule has 0 unspecified atom stereocenters. The Morgan fingerprint density at radius 3 is 2.04 bits per heavy atom. The molecule has 0 spiro atoms. The lowest BCUT2D eigenvalue weighted by atomic mass is 10.00. The van der Waals surface area contributed by atoms with Gasteiger partial charge in [0.15, 0.2) is 27.7 Å². The van der Waals surface area contributed by atoms with Crippen molar-refractivity contribution in [2.45, 2.75) is 115 Å². The first kappa shape index (κ1) is 22.4. The van der Waals surface area contributed by atoms with Gasteiger partial charge in [-0.3, -0.25) is 0 Å². The van der Waals surface area contributed by atoms with E-state index in [1.165, 1.54) is 19.3 Å². The van der Waals surface area contributed by atoms with E-state index in [0.717, 1.165) is 12.8 Å². The molecule has 7 nitrogen and oxygen atoms in total. The molecule has 0 aromatic heterocycles. The minimum atomic E-state index is -3.26. The Kier molecular flexibility index (Phi) is 6.79. The average Bonchev–Trinajstić information content (AvgIpc) is 3.05. The maximum Gasteiger partial charge on any atom is 0.190 e. The molecule has 3 aliphatic rings. The zero-order valence-corrected chi connectivity index (χ0v) is 18.6. The number of unbranched alkanes of at least 4 members (excludes halogenated alkanes) is 5. The van der Waals surface area contributed by atoms with E-state index in [-0.39, 0.29) is 11.5 Å². The summed E-state index contributed by atoms with van der Waals surface area (Å²) >= 11 is 0. The fourth-order valence-electron chi connectivity index (χ4n) is 4.26. The van der Waals surface area contributed by atoms with Gasteiger partial charge in [-0.1, -0.05) is 39.0 Å². The second-order valence-electron chi connectivity index (χ2n) is 9.09. The normalized spacial score (nSPS) is 36.2. The summed E-state index contributed by atoms with van der Waals surface area (Å²) in [6.45, 7) is 9.44. The maximum absolute atomic E-state index is 12.7. The van der Waals surface area contributed by atoms with Crippen LogP contribution >= 0.6 is 0 Å². The van der Waals surface area contributed by atoms with E-state index in [1.807, 2.05) is 27.7 Å². The Morgan fingerprint density at radius 2 is 1.32 bits per heavy atom. The van der Waals surface area contributed by atoms with Crippen molar-refractivity contribution in [3.05, 3.63) is 0 Å². The van der Waals surface area contributed by atoms with E-state index in [2.05, 4.69) is 6.92 Å². The van der Waals surface area contributed by atoms with Crippen LogP contribution in [0.25, 0.3) is 0 Å². The minimum absolute atomic E-state index is 0.0877. The Morgan fingerprint density at radius 1 is 0.750 bits per heavy atom. The molecule has 3 heterocycles. The second-order valence-corrected chi connectivity index (χ2v) is 11.3. The van der Waals surface area contributed by atoms with Gasteiger partial charge in [0.25, 0.3) is 0 Å². The molecular weight excluding hydrogens is 384 g/mol. The van der Waals surface area contributed by atoms with Gasteiger partial charge in [-0.05, 0) is 34.1 Å². The van der Waals surface area contributed by atoms with Gasteiger partial charge in [0.2, 0.25) is 0 Å². The van der Waals surface area contributed by atoms with E-state index < -0.39 is 52.1 Å². The summed E-state index contributed by atoms with van der Waals surface area (Å²) in [4.78, 5) is 0. The first-order valence-electron chi connectivity index (χ1n) is 10.6. The molecule has 0 bridgehead atoms. The SMILES string of the molecule is CCCCCCCCS(=O)(=O)C[C@H]1O[C@@H]2OC(C)(C)O[C@@H]2[C@H]2OC(C)(C)O[C@H]21. The van der Waals surface area contributed by atoms with Crippen molar-refractivity contribution >= 4 is 9.84 Å². The van der Waals surface area contributed by atoms with Crippen LogP contribution in [0.5, 0.6) is 0 Å². The molecule has 0 aromatic carbocycles. The lowest BCUT2D eigenvalue weighted by Gasteiger charge is -2.37. The molecule has 0 amide bonds. The molecule has 0 aromatic rings. The smallest absolute Gasteiger partial charge is 0.190 e. The zero-order chi connectivity index (χ0) is 20.6. The lowest BCUT2D eigenvalue weighted by molar-refractivity contribution is -0.228. The van der Waals surface area contributed by atoms with Crippen LogP contribution in [-0.4, -0.2) is 62.2 Å². The Hall–Kier alpha value is -0.250. The molecule has 0 saturated carbocycles. The van der Waals surface area contributed by atoms with Crippen LogP contribution in [-0.2, 0) is 33.5 Å². The number of fused-ring (bicyclic) bond motifs is 3. The fraction of sp³-hybridized carbons (Fsp3) is 1.00. The molecule has 0 radical (unpaired) electrons. The van der Waals surface area contributed by atoms with Gasteiger partial charge in [0, 0.05) is 0 Å². The first-order chi connectivity index (χ1) is 13.0. The van der Waals surface area contributed by atoms with Crippen LogP contribution in [0.15, 0.2) is 0 Å². The molecular formula is C20H36O7S. The predicted octanol–water partition coefficient (Wildman–Crippen LogP) is 3.16. The van der Waals surface area contributed by atoms with Crippen molar-refractivity contribution in [3.63, 3.8) is 0 Å². The molecule has 3 aliphatic heterocycles. The maximum atomic E-state index is 12.7. The summed E-state index contributed by atoms with van der Waals surface area (Å²) in [7, 11) is -3.26. The lowest BCUT2D eigenvalue weighted by Crippen LogP contribution is -2.56. The third kappa shape index (κ3) is 5.46. The van der Waals surface area contributed by atoms with Gasteiger partial charge in [-0.15, -0.1) is 0 Å². The quantitative estimate of drug-likeness (QED) is 0.530. The van der Waals surface area contributed by atoms with Gasteiger partial charge in [0.05, 0.1) is 11.5 Å². The highest BCUT2D eigenvalue weighted by Crippen LogP contribution is 2.44. The minimum Gasteiger partial charge on any atom is -0.343 e. The third-order valence-corrected chi connectivity index (χ3v) is 7.23. The average molecular weight is 421 g/mol. The van der Waals surface area contributed by atoms with Crippen LogP contribution in [0.2, 0.25) is 0 Å². The number of sulfone groups is 1. The zero-order valence-electron chi connectivity index (χ0n) is 17.8. The second kappa shape index (κ2) is 8.47. The Bertz CT molecular complexity index is 630. The van der Waals surface area contributed by atoms with Gasteiger partial charge in [-0.25, -0.2) is 8.42 Å². The largest absolute Gasteiger partial charge is 0.343 e. The molecule has 0 N–H and O–H groups in total. The molecule has 0 aliphatic carbocycles. The van der Waals surface area contributed by atoms with Crippen molar-refractivity contribution in [2.75, 3.05) is 11.5 Å². The molecule has 164 valence electrons. The van der Waals surface area contributed by atoms with Crippen LogP contribution < -0.4 is 0 Å². The standard InChI is InChI=1S/C20H36O7S/c1-6-7-8-9-10-11-12-28(21,22)13-14-15-16(25-19(2,3)24-15)17-18(23-14)27-20(4,5)26-17/h14-18H,6-13H2,1-5H3/t14-,15+,16+,17-,18-/m1/s1. The number of hydrogen-bond acceptors (Lipinski definition) is 7. The first-order valence-corrected chi connectivity index (χ1v) is 12.4. The highest BCUT2D eigenvalue weighted by Gasteiger charge is 2.61. The van der Waals surface area contributed by atoms with E-state index in [1.54, 1.807) is 0 Å². The molecule has 8 heteroatoms. The molecule has 3 saturated heterocycles. The number of hydrogen-bond donors (Lipinski definition) is 0. The topological polar surface area (TPSA) is 80.3 Å². The summed E-state index contributed by atoms with van der Waals surface area (Å²) in [5, 5.41) is 0. The third-order valence-electron chi connectivity index (χ3n) is 5.48. The van der Waals surface area contributed by atoms with Crippen molar-refractivity contribution in [1.82, 2.24) is 0 Å². The van der Waals surface area contributed by atoms with E-state index >= 15 is 0 Å². The highest BCUT2D eigenvalue weighted by molar-refractivity contribution is 7.91. The summed E-state index contributed by atoms with van der Waals surface area (Å²) in [6.07, 6.45) is 3.66. The Labute approximate surface area is 169 Å². The van der Waals surface area contributed by atoms with Crippen LogP contribution in [0.4, 0.5) is 0 Å². The van der Waals surface area contributed by atoms with E-state index in [9.17, 15) is 8.42 Å². The van der Waals surface area contributed by atoms with Crippen molar-refractivity contribution in [1.29, 1.82) is 0 Å². The van der Waals surface area contributed by atoms with Crippen LogP contribution in [0.1, 0.15) is 73.1 Å². The summed E-state index contributed by atoms with van der Waals surface area (Å²) in [5.41, 5.74) is 0. The van der Waals surface area contributed by atoms with Crippen molar-refractivity contribution < 1.29 is 32.1 Å². The number of ether oxygens (including phenoxy) is 5. The van der Waals surface area contributed by atoms with Gasteiger partial charge in [-0.2, -0.15) is 0 Å². The predicted molar refractivity (Wildman–Crippen MR) is 105 cm³/mol.